The first-order valence-corrected chi connectivity index (χ1v) is 9.63. The number of carbonyl (C=O) groups excluding carboxylic acids is 1. The molecule has 3 aromatic rings. The van der Waals surface area contributed by atoms with Gasteiger partial charge in [-0.25, -0.2) is 9.97 Å². The summed E-state index contributed by atoms with van der Waals surface area (Å²) >= 11 is 0. The van der Waals surface area contributed by atoms with Crippen molar-refractivity contribution in [1.29, 1.82) is 0 Å². The highest BCUT2D eigenvalue weighted by atomic mass is 16.5. The average molecular weight is 393 g/mol. The van der Waals surface area contributed by atoms with Crippen molar-refractivity contribution >= 4 is 11.9 Å². The molecular weight excluding hydrogens is 370 g/mol. The summed E-state index contributed by atoms with van der Waals surface area (Å²) in [6.45, 7) is 1.73. The normalized spacial score (nSPS) is 14.6. The molecule has 8 nitrogen and oxygen atoms in total. The Morgan fingerprint density at radius 2 is 2.00 bits per heavy atom. The minimum absolute atomic E-state index is 0.0238. The fourth-order valence-corrected chi connectivity index (χ4v) is 3.38. The van der Waals surface area contributed by atoms with E-state index in [1.54, 1.807) is 25.6 Å². The molecule has 0 radical (unpaired) electrons. The van der Waals surface area contributed by atoms with E-state index in [9.17, 15) is 4.79 Å². The molecule has 0 spiro atoms. The van der Waals surface area contributed by atoms with E-state index in [1.807, 2.05) is 30.3 Å². The molecule has 2 aromatic heterocycles. The van der Waals surface area contributed by atoms with Gasteiger partial charge in [-0.1, -0.05) is 30.3 Å². The van der Waals surface area contributed by atoms with Crippen LogP contribution in [0.25, 0.3) is 11.3 Å². The molecule has 1 aromatic carbocycles. The van der Waals surface area contributed by atoms with Crippen LogP contribution >= 0.6 is 0 Å². The highest BCUT2D eigenvalue weighted by Gasteiger charge is 2.26. The molecule has 0 saturated carbocycles. The van der Waals surface area contributed by atoms with Gasteiger partial charge in [0.15, 0.2) is 5.76 Å². The first-order chi connectivity index (χ1) is 14.2. The standard InChI is InChI=1S/C21H23N5O3/c1-28-18-7-10-22-21(25-18)26-11-8-16(9-12-26)20(27)24-14-19-23-13-17(29-19)15-5-3-2-4-6-15/h2-7,10,13,16H,8-9,11-12,14H2,1H3,(H,24,27). The predicted octanol–water partition coefficient (Wildman–Crippen LogP) is 2.67. The zero-order valence-electron chi connectivity index (χ0n) is 16.2. The Balaban J connectivity index is 1.27. The molecule has 1 aliphatic heterocycles. The van der Waals surface area contributed by atoms with E-state index in [4.69, 9.17) is 9.15 Å². The zero-order valence-corrected chi connectivity index (χ0v) is 16.2. The molecule has 1 amide bonds. The van der Waals surface area contributed by atoms with Gasteiger partial charge in [0.2, 0.25) is 23.6 Å². The van der Waals surface area contributed by atoms with Gasteiger partial charge in [-0.15, -0.1) is 0 Å². The Hall–Kier alpha value is -3.42. The first kappa shape index (κ1) is 18.9. The van der Waals surface area contributed by atoms with Crippen LogP contribution in [0.2, 0.25) is 0 Å². The van der Waals surface area contributed by atoms with Crippen LogP contribution in [-0.4, -0.2) is 41.1 Å². The van der Waals surface area contributed by atoms with Gasteiger partial charge >= 0.3 is 0 Å². The smallest absolute Gasteiger partial charge is 0.228 e. The van der Waals surface area contributed by atoms with Crippen LogP contribution in [0, 0.1) is 5.92 Å². The van der Waals surface area contributed by atoms with E-state index in [2.05, 4.69) is 25.2 Å². The summed E-state index contributed by atoms with van der Waals surface area (Å²) in [5.74, 6) is 2.35. The number of nitrogens with one attached hydrogen (secondary N) is 1. The predicted molar refractivity (Wildman–Crippen MR) is 107 cm³/mol. The second-order valence-corrected chi connectivity index (χ2v) is 6.86. The first-order valence-electron chi connectivity index (χ1n) is 9.63. The van der Waals surface area contributed by atoms with Crippen molar-refractivity contribution in [2.75, 3.05) is 25.1 Å². The Labute approximate surface area is 168 Å². The molecule has 0 bridgehead atoms. The van der Waals surface area contributed by atoms with E-state index in [1.165, 1.54) is 0 Å². The minimum Gasteiger partial charge on any atom is -0.481 e. The van der Waals surface area contributed by atoms with Crippen LogP contribution < -0.4 is 15.0 Å². The van der Waals surface area contributed by atoms with E-state index >= 15 is 0 Å². The molecule has 3 heterocycles. The van der Waals surface area contributed by atoms with Gasteiger partial charge < -0.3 is 19.4 Å². The lowest BCUT2D eigenvalue weighted by Gasteiger charge is -2.31. The number of rotatable bonds is 6. The number of ether oxygens (including phenoxy) is 1. The fourth-order valence-electron chi connectivity index (χ4n) is 3.38. The number of oxazole rings is 1. The molecular formula is C21H23N5O3. The van der Waals surface area contributed by atoms with Crippen LogP contribution in [-0.2, 0) is 11.3 Å². The van der Waals surface area contributed by atoms with Gasteiger partial charge in [0.1, 0.15) is 0 Å². The highest BCUT2D eigenvalue weighted by molar-refractivity contribution is 5.78. The van der Waals surface area contributed by atoms with Gasteiger partial charge in [0.05, 0.1) is 19.9 Å². The third-order valence-corrected chi connectivity index (χ3v) is 5.00. The fraction of sp³-hybridized carbons (Fsp3) is 0.333. The molecule has 0 atom stereocenters. The van der Waals surface area contributed by atoms with E-state index in [-0.39, 0.29) is 18.4 Å². The molecule has 1 aliphatic rings. The summed E-state index contributed by atoms with van der Waals surface area (Å²) in [6, 6.07) is 11.5. The number of methoxy groups -OCH3 is 1. The van der Waals surface area contributed by atoms with E-state index in [0.29, 0.717) is 23.5 Å². The summed E-state index contributed by atoms with van der Waals surface area (Å²) < 4.78 is 10.9. The maximum Gasteiger partial charge on any atom is 0.228 e. The topological polar surface area (TPSA) is 93.4 Å². The van der Waals surface area contributed by atoms with E-state index in [0.717, 1.165) is 31.5 Å². The number of amides is 1. The molecule has 1 saturated heterocycles. The average Bonchev–Trinajstić information content (AvgIpc) is 3.27. The number of anilines is 1. The van der Waals surface area contributed by atoms with Crippen molar-refractivity contribution < 1.29 is 13.9 Å². The van der Waals surface area contributed by atoms with Crippen LogP contribution in [0.5, 0.6) is 5.88 Å². The van der Waals surface area contributed by atoms with Crippen molar-refractivity contribution in [2.45, 2.75) is 19.4 Å². The number of benzene rings is 1. The van der Waals surface area contributed by atoms with Crippen LogP contribution in [0.3, 0.4) is 0 Å². The number of hydrogen-bond donors (Lipinski definition) is 1. The number of piperidine rings is 1. The molecule has 8 heteroatoms. The molecule has 1 N–H and O–H groups in total. The summed E-state index contributed by atoms with van der Waals surface area (Å²) in [5.41, 5.74) is 0.963. The Morgan fingerprint density at radius 3 is 2.76 bits per heavy atom. The lowest BCUT2D eigenvalue weighted by molar-refractivity contribution is -0.125. The summed E-state index contributed by atoms with van der Waals surface area (Å²) in [7, 11) is 1.58. The van der Waals surface area contributed by atoms with Gasteiger partial charge in [-0.2, -0.15) is 4.98 Å². The number of hydrogen-bond acceptors (Lipinski definition) is 7. The lowest BCUT2D eigenvalue weighted by Crippen LogP contribution is -2.41. The summed E-state index contributed by atoms with van der Waals surface area (Å²) in [6.07, 6.45) is 4.85. The van der Waals surface area contributed by atoms with Crippen molar-refractivity contribution in [3.05, 3.63) is 54.7 Å². The number of aromatic nitrogens is 3. The van der Waals surface area contributed by atoms with Gasteiger partial charge in [-0.05, 0) is 12.8 Å². The van der Waals surface area contributed by atoms with Crippen molar-refractivity contribution in [3.63, 3.8) is 0 Å². The second-order valence-electron chi connectivity index (χ2n) is 6.86. The SMILES string of the molecule is COc1ccnc(N2CCC(C(=O)NCc3ncc(-c4ccccc4)o3)CC2)n1. The summed E-state index contributed by atoms with van der Waals surface area (Å²) in [4.78, 5) is 27.5. The zero-order chi connectivity index (χ0) is 20.1. The summed E-state index contributed by atoms with van der Waals surface area (Å²) in [5, 5.41) is 2.94. The van der Waals surface area contributed by atoms with Gasteiger partial charge in [0, 0.05) is 36.8 Å². The van der Waals surface area contributed by atoms with Gasteiger partial charge in [0.25, 0.3) is 0 Å². The molecule has 4 rings (SSSR count). The van der Waals surface area contributed by atoms with Crippen LogP contribution in [0.4, 0.5) is 5.95 Å². The minimum atomic E-state index is -0.0413. The molecule has 0 aliphatic carbocycles. The number of nitrogens with zero attached hydrogens (tertiary/aromatic N) is 4. The third kappa shape index (κ3) is 4.53. The maximum atomic E-state index is 12.5. The lowest BCUT2D eigenvalue weighted by atomic mass is 9.96. The Kier molecular flexibility index (Phi) is 5.69. The Morgan fingerprint density at radius 1 is 1.21 bits per heavy atom. The van der Waals surface area contributed by atoms with Crippen molar-refractivity contribution in [3.8, 4) is 17.2 Å². The van der Waals surface area contributed by atoms with Crippen LogP contribution in [0.15, 0.2) is 53.2 Å². The van der Waals surface area contributed by atoms with Gasteiger partial charge in [-0.3, -0.25) is 4.79 Å². The molecule has 150 valence electrons. The highest BCUT2D eigenvalue weighted by Crippen LogP contribution is 2.23. The monoisotopic (exact) mass is 393 g/mol. The maximum absolute atomic E-state index is 12.5. The molecule has 1 fully saturated rings. The second kappa shape index (κ2) is 8.72. The van der Waals surface area contributed by atoms with Crippen molar-refractivity contribution in [2.24, 2.45) is 5.92 Å². The van der Waals surface area contributed by atoms with Crippen LogP contribution in [0.1, 0.15) is 18.7 Å². The molecule has 29 heavy (non-hydrogen) atoms. The Bertz CT molecular complexity index is 952. The third-order valence-electron chi connectivity index (χ3n) is 5.00. The molecule has 0 unspecified atom stereocenters. The quantitative estimate of drug-likeness (QED) is 0.688. The number of carbonyl (C=O) groups is 1. The van der Waals surface area contributed by atoms with Crippen molar-refractivity contribution in [1.82, 2.24) is 20.3 Å². The van der Waals surface area contributed by atoms with E-state index < -0.39 is 0 Å². The largest absolute Gasteiger partial charge is 0.481 e.